The number of nitrogens with two attached hydrogens (primary N) is 9. The zero-order valence-corrected chi connectivity index (χ0v) is 51.7. The van der Waals surface area contributed by atoms with Crippen LogP contribution in [0.15, 0.2) is 140 Å². The lowest BCUT2D eigenvalue weighted by Gasteiger charge is -2.37. The molecule has 5 aromatic carbocycles. The van der Waals surface area contributed by atoms with Gasteiger partial charge in [0.05, 0.1) is 43.4 Å². The van der Waals surface area contributed by atoms with Crippen molar-refractivity contribution >= 4 is 93.0 Å². The quantitative estimate of drug-likeness (QED) is 0.0444. The normalized spacial score (nSPS) is 11.5. The second-order valence-corrected chi connectivity index (χ2v) is 19.8. The molecule has 1 aliphatic rings. The van der Waals surface area contributed by atoms with Crippen LogP contribution in [0.5, 0.6) is 11.9 Å². The van der Waals surface area contributed by atoms with Gasteiger partial charge in [0, 0.05) is 60.7 Å². The van der Waals surface area contributed by atoms with Crippen molar-refractivity contribution in [2.75, 3.05) is 104 Å². The van der Waals surface area contributed by atoms with Crippen LogP contribution in [0.3, 0.4) is 0 Å². The Bertz CT molecular complexity index is 3380. The van der Waals surface area contributed by atoms with Gasteiger partial charge in [0.2, 0.25) is 46.2 Å². The first-order valence-corrected chi connectivity index (χ1v) is 27.6. The van der Waals surface area contributed by atoms with E-state index in [-0.39, 0.29) is 51.5 Å². The zero-order valence-electron chi connectivity index (χ0n) is 49.4. The summed E-state index contributed by atoms with van der Waals surface area (Å²) in [5, 5.41) is 14.4. The highest BCUT2D eigenvalue weighted by atomic mass is 35.5. The third kappa shape index (κ3) is 21.9. The van der Waals surface area contributed by atoms with Crippen molar-refractivity contribution in [2.24, 2.45) is 0 Å². The average Bonchev–Trinajstić information content (AvgIpc) is 0.761. The summed E-state index contributed by atoms with van der Waals surface area (Å²) in [5.41, 5.74) is 60.9. The Kier molecular flexibility index (Phi) is 26.4. The van der Waals surface area contributed by atoms with Gasteiger partial charge >= 0.3 is 6.01 Å². The number of ether oxygens (including phenoxy) is 2. The topological polar surface area (TPSA) is 440 Å². The molecule has 1 fully saturated rings. The van der Waals surface area contributed by atoms with Crippen LogP contribution in [0.1, 0.15) is 45.0 Å². The number of halogens is 3. The van der Waals surface area contributed by atoms with Gasteiger partial charge in [-0.25, -0.2) is 15.0 Å². The SMILES string of the molecule is CN1CCN(c2ccc(N)cc2)CC1.COc1cc(Cl)nc(N)n1.COc1nc(C)nc(N)n1.Cc1ccc(C(c2ccc(N)cc2)(c2ccc(N)cc2)c2ccc(N)cc2)cc1.Cc1nnc(N)nc1C.Nc1nc(Cl)nc(Cl)n1.Nc1nccnn1. The molecule has 1 saturated heterocycles. The number of nitrogens with zero attached hydrogens (tertiary/aromatic N) is 16. The van der Waals surface area contributed by atoms with Crippen molar-refractivity contribution in [1.82, 2.24) is 75.1 Å². The van der Waals surface area contributed by atoms with Crippen LogP contribution in [-0.2, 0) is 5.41 Å². The van der Waals surface area contributed by atoms with E-state index in [4.69, 9.17) is 95.9 Å². The summed E-state index contributed by atoms with van der Waals surface area (Å²) in [5.74, 6) is 1.70. The van der Waals surface area contributed by atoms with Gasteiger partial charge in [-0.05, 0) is 141 Å². The Morgan fingerprint density at radius 2 is 0.898 bits per heavy atom. The molecule has 0 aliphatic carbocycles. The molecule has 11 rings (SSSR count). The van der Waals surface area contributed by atoms with Gasteiger partial charge in [-0.15, -0.1) is 10.2 Å². The fraction of sp³-hybridized carbons (Fsp3) is 0.207. The summed E-state index contributed by atoms with van der Waals surface area (Å²) >= 11 is 16.2. The molecular weight excluding hydrogens is 1190 g/mol. The molecule has 0 unspecified atom stereocenters. The fourth-order valence-electron chi connectivity index (χ4n) is 7.91. The van der Waals surface area contributed by atoms with Crippen LogP contribution >= 0.6 is 34.8 Å². The van der Waals surface area contributed by atoms with E-state index in [0.29, 0.717) is 11.7 Å². The molecule has 0 amide bonds. The minimum atomic E-state index is -0.525. The Morgan fingerprint density at radius 1 is 0.432 bits per heavy atom. The summed E-state index contributed by atoms with van der Waals surface area (Å²) in [7, 11) is 5.13. The van der Waals surface area contributed by atoms with Crippen molar-refractivity contribution in [2.45, 2.75) is 33.1 Å². The van der Waals surface area contributed by atoms with Gasteiger partial charge in [0.15, 0.2) is 0 Å². The fourth-order valence-corrected chi connectivity index (χ4v) is 8.47. The smallest absolute Gasteiger partial charge is 0.321 e. The van der Waals surface area contributed by atoms with Crippen molar-refractivity contribution in [3.8, 4) is 11.9 Å². The minimum Gasteiger partial charge on any atom is -0.481 e. The van der Waals surface area contributed by atoms with E-state index in [1.165, 1.54) is 49.5 Å². The van der Waals surface area contributed by atoms with Crippen molar-refractivity contribution < 1.29 is 9.47 Å². The summed E-state index contributed by atoms with van der Waals surface area (Å²) < 4.78 is 9.49. The van der Waals surface area contributed by atoms with E-state index in [2.05, 4.69) is 167 Å². The monoisotopic (exact) mass is 1250 g/mol. The number of methoxy groups -OCH3 is 2. The largest absolute Gasteiger partial charge is 0.481 e. The van der Waals surface area contributed by atoms with Crippen LogP contribution < -0.4 is 66.0 Å². The number of likely N-dealkylation sites (N-methyl/N-ethyl adjacent to an activating group) is 1. The maximum atomic E-state index is 6.01. The molecule has 0 bridgehead atoms. The summed E-state index contributed by atoms with van der Waals surface area (Å²) in [4.78, 5) is 41.2. The van der Waals surface area contributed by atoms with Crippen LogP contribution in [0.4, 0.5) is 58.2 Å². The molecule has 0 saturated carbocycles. The molecule has 88 heavy (non-hydrogen) atoms. The van der Waals surface area contributed by atoms with Crippen LogP contribution in [0, 0.1) is 27.7 Å². The van der Waals surface area contributed by atoms with E-state index < -0.39 is 5.41 Å². The summed E-state index contributed by atoms with van der Waals surface area (Å²) in [6, 6.07) is 42.9. The van der Waals surface area contributed by atoms with Crippen LogP contribution in [0.2, 0.25) is 15.7 Å². The molecule has 10 aromatic rings. The summed E-state index contributed by atoms with van der Waals surface area (Å²) in [6.07, 6.45) is 2.96. The third-order valence-corrected chi connectivity index (χ3v) is 12.8. The minimum absolute atomic E-state index is 0.00694. The zero-order chi connectivity index (χ0) is 64.3. The molecule has 1 aliphatic heterocycles. The van der Waals surface area contributed by atoms with Crippen molar-refractivity contribution in [3.63, 3.8) is 0 Å². The Hall–Kier alpha value is -10.3. The Morgan fingerprint density at radius 3 is 1.28 bits per heavy atom. The van der Waals surface area contributed by atoms with E-state index in [1.807, 2.05) is 62.4 Å². The lowest BCUT2D eigenvalue weighted by atomic mass is 9.65. The van der Waals surface area contributed by atoms with E-state index in [9.17, 15) is 0 Å². The number of aryl methyl sites for hydroxylation is 4. The number of aromatic nitrogens is 14. The van der Waals surface area contributed by atoms with Gasteiger partial charge < -0.3 is 70.9 Å². The molecule has 30 heteroatoms. The van der Waals surface area contributed by atoms with Gasteiger partial charge in [-0.1, -0.05) is 77.8 Å². The summed E-state index contributed by atoms with van der Waals surface area (Å²) in [6.45, 7) is 12.0. The number of nitrogen functional groups attached to an aromatic ring is 9. The van der Waals surface area contributed by atoms with Crippen molar-refractivity contribution in [1.29, 1.82) is 0 Å². The lowest BCUT2D eigenvalue weighted by molar-refractivity contribution is 0.313. The number of benzene rings is 5. The predicted octanol–water partition coefficient (Wildman–Crippen LogP) is 6.92. The molecule has 0 atom stereocenters. The average molecular weight is 1260 g/mol. The van der Waals surface area contributed by atoms with Gasteiger partial charge in [0.25, 0.3) is 0 Å². The maximum absolute atomic E-state index is 6.01. The number of anilines is 10. The Balaban J connectivity index is 0.000000202. The second kappa shape index (κ2) is 34.0. The number of piperazine rings is 1. The predicted molar refractivity (Wildman–Crippen MR) is 349 cm³/mol. The van der Waals surface area contributed by atoms with Gasteiger partial charge in [-0.3, -0.25) is 0 Å². The van der Waals surface area contributed by atoms with Gasteiger partial charge in [-0.2, -0.15) is 45.1 Å². The standard InChI is InChI=1S/C26H25N3.C11H17N3.C5H6ClN3O.C5H8N4O.C5H8N4.C3H2Cl2N4.C3H4N4/c1-18-2-4-19(5-3-18)26(20-6-12-23(27)13-7-20,21-8-14-24(28)15-9-21)22-10-16-25(29)17-11-22;1-13-6-8-14(9-7-13)11-4-2-10(12)3-5-11;1-10-4-2-3(6)8-5(7)9-4;1-3-7-4(6)9-5(8-3)10-2;1-3-4(2)8-9-5(6)7-3;4-1-7-2(5)9-3(6)8-1;4-3-5-1-2-6-7-3/h2-17H,27-29H2,1H3;2-5H,6-9,12H2,1H3;2H,1H3,(H2,7,8,9);1-2H3,(H2,6,7,8,9);1-2H3,(H2,6,7,9);(H2,6,7,8,9);1-2H,(H2,4,5,7). The first-order valence-electron chi connectivity index (χ1n) is 26.4. The molecule has 0 radical (unpaired) electrons. The highest BCUT2D eigenvalue weighted by Crippen LogP contribution is 2.46. The Labute approximate surface area is 524 Å². The number of hydrogen-bond acceptors (Lipinski definition) is 27. The third-order valence-electron chi connectivity index (χ3n) is 12.3. The van der Waals surface area contributed by atoms with E-state index in [1.54, 1.807) is 6.92 Å². The molecule has 18 N–H and O–H groups in total. The highest BCUT2D eigenvalue weighted by molar-refractivity contribution is 6.31. The van der Waals surface area contributed by atoms with Crippen LogP contribution in [-0.4, -0.2) is 123 Å². The number of rotatable bonds is 7. The first kappa shape index (κ1) is 68.4. The van der Waals surface area contributed by atoms with Crippen molar-refractivity contribution in [3.05, 3.63) is 201 Å². The molecule has 5 aromatic heterocycles. The highest BCUT2D eigenvalue weighted by Gasteiger charge is 2.38. The van der Waals surface area contributed by atoms with E-state index >= 15 is 0 Å². The lowest BCUT2D eigenvalue weighted by Crippen LogP contribution is -2.44. The maximum Gasteiger partial charge on any atom is 0.321 e. The van der Waals surface area contributed by atoms with Gasteiger partial charge in [0.1, 0.15) is 11.0 Å². The number of hydrogen-bond donors (Lipinski definition) is 9. The first-order chi connectivity index (χ1) is 42.0. The van der Waals surface area contributed by atoms with E-state index in [0.717, 1.165) is 77.0 Å². The second-order valence-electron chi connectivity index (χ2n) is 18.8. The molecular formula is C58H70Cl3N25O2. The molecule has 6 heterocycles. The van der Waals surface area contributed by atoms with Crippen LogP contribution in [0.25, 0.3) is 0 Å². The molecule has 27 nitrogen and oxygen atoms in total. The molecule has 0 spiro atoms. The molecule has 460 valence electrons.